The molecule has 0 spiro atoms. The number of pyridine rings is 1. The van der Waals surface area contributed by atoms with Crippen LogP contribution in [-0.2, 0) is 16.0 Å². The lowest BCUT2D eigenvalue weighted by atomic mass is 9.89. The Kier molecular flexibility index (Phi) is 3.54. The molecule has 2 aliphatic rings. The van der Waals surface area contributed by atoms with Gasteiger partial charge in [0.15, 0.2) is 15.6 Å². The monoisotopic (exact) mass is 333 g/mol. The minimum atomic E-state index is -4.63. The fraction of sp³-hybridized carbons (Fsp3) is 0.571. The van der Waals surface area contributed by atoms with Crippen LogP contribution in [0.15, 0.2) is 18.5 Å². The van der Waals surface area contributed by atoms with Crippen molar-refractivity contribution >= 4 is 15.6 Å². The molecule has 0 radical (unpaired) electrons. The maximum absolute atomic E-state index is 13.0. The maximum Gasteiger partial charge on any atom is 0.417 e. The van der Waals surface area contributed by atoms with Crippen molar-refractivity contribution in [3.63, 3.8) is 0 Å². The van der Waals surface area contributed by atoms with E-state index in [1.807, 2.05) is 0 Å². The zero-order chi connectivity index (χ0) is 16.1. The molecule has 2 saturated heterocycles. The lowest BCUT2D eigenvalue weighted by Crippen LogP contribution is -2.36. The molecule has 4 nitrogen and oxygen atoms in total. The number of Topliss-reactive ketones (excluding diaryl/α,β-unsaturated/α-hetero) is 1. The van der Waals surface area contributed by atoms with Crippen molar-refractivity contribution in [2.75, 3.05) is 0 Å². The first-order chi connectivity index (χ1) is 10.2. The second-order valence-corrected chi connectivity index (χ2v) is 8.37. The van der Waals surface area contributed by atoms with Crippen molar-refractivity contribution in [2.24, 2.45) is 5.92 Å². The Morgan fingerprint density at radius 2 is 1.77 bits per heavy atom. The van der Waals surface area contributed by atoms with Crippen LogP contribution < -0.4 is 0 Å². The van der Waals surface area contributed by atoms with E-state index in [1.54, 1.807) is 0 Å². The number of carbonyl (C=O) groups excluding carboxylic acids is 1. The van der Waals surface area contributed by atoms with E-state index in [2.05, 4.69) is 4.98 Å². The molecule has 2 atom stereocenters. The van der Waals surface area contributed by atoms with Gasteiger partial charge in [-0.25, -0.2) is 8.42 Å². The lowest BCUT2D eigenvalue weighted by molar-refractivity contribution is -0.138. The number of hydrogen-bond donors (Lipinski definition) is 0. The van der Waals surface area contributed by atoms with Gasteiger partial charge in [-0.3, -0.25) is 9.78 Å². The molecule has 2 fully saturated rings. The Hall–Kier alpha value is -1.44. The molecule has 120 valence electrons. The highest BCUT2D eigenvalue weighted by Gasteiger charge is 2.49. The van der Waals surface area contributed by atoms with Crippen LogP contribution in [0.4, 0.5) is 13.2 Å². The number of halogens is 3. The van der Waals surface area contributed by atoms with Crippen LogP contribution in [0.1, 0.15) is 41.6 Å². The second-order valence-electron chi connectivity index (χ2n) is 5.86. The van der Waals surface area contributed by atoms with Crippen LogP contribution in [-0.4, -0.2) is 29.7 Å². The normalized spacial score (nSPS) is 30.2. The van der Waals surface area contributed by atoms with E-state index in [0.29, 0.717) is 12.8 Å². The standard InChI is InChI=1S/C14H14F3NO3S/c15-14(16,17)12-3-4-18-7-11(12)13(19)8-5-9-1-2-10(6-8)22(9,20)21/h3-4,7-10H,1-2,5-6H2. The largest absolute Gasteiger partial charge is 0.417 e. The Labute approximate surface area is 125 Å². The summed E-state index contributed by atoms with van der Waals surface area (Å²) in [5, 5.41) is -1.18. The lowest BCUT2D eigenvalue weighted by Gasteiger charge is -2.27. The first kappa shape index (κ1) is 15.5. The summed E-state index contributed by atoms with van der Waals surface area (Å²) >= 11 is 0. The van der Waals surface area contributed by atoms with E-state index >= 15 is 0 Å². The molecule has 1 aromatic rings. The summed E-state index contributed by atoms with van der Waals surface area (Å²) in [6.07, 6.45) is -1.49. The summed E-state index contributed by atoms with van der Waals surface area (Å²) < 4.78 is 63.0. The minimum absolute atomic E-state index is 0.115. The topological polar surface area (TPSA) is 64.1 Å². The fourth-order valence-electron chi connectivity index (χ4n) is 3.48. The number of alkyl halides is 3. The van der Waals surface area contributed by atoms with Crippen LogP contribution in [0.5, 0.6) is 0 Å². The molecule has 2 bridgehead atoms. The number of carbonyl (C=O) groups is 1. The number of aromatic nitrogens is 1. The first-order valence-corrected chi connectivity index (χ1v) is 8.60. The summed E-state index contributed by atoms with van der Waals surface area (Å²) in [6.45, 7) is 0. The van der Waals surface area contributed by atoms with Gasteiger partial charge >= 0.3 is 6.18 Å². The van der Waals surface area contributed by atoms with Crippen LogP contribution in [0, 0.1) is 5.92 Å². The Morgan fingerprint density at radius 3 is 2.32 bits per heavy atom. The van der Waals surface area contributed by atoms with Gasteiger partial charge in [0.2, 0.25) is 0 Å². The van der Waals surface area contributed by atoms with E-state index in [1.165, 1.54) is 0 Å². The zero-order valence-corrected chi connectivity index (χ0v) is 12.3. The number of fused-ring (bicyclic) bond motifs is 2. The molecular formula is C14H14F3NO3S. The van der Waals surface area contributed by atoms with Gasteiger partial charge < -0.3 is 0 Å². The van der Waals surface area contributed by atoms with Crippen molar-refractivity contribution in [2.45, 2.75) is 42.4 Å². The summed E-state index contributed by atoms with van der Waals surface area (Å²) in [5.41, 5.74) is -1.47. The van der Waals surface area contributed by atoms with Gasteiger partial charge in [-0.05, 0) is 31.7 Å². The predicted octanol–water partition coefficient (Wildman–Crippen LogP) is 2.64. The Morgan fingerprint density at radius 1 is 1.18 bits per heavy atom. The smallest absolute Gasteiger partial charge is 0.294 e. The van der Waals surface area contributed by atoms with Gasteiger partial charge in [0.1, 0.15) is 0 Å². The van der Waals surface area contributed by atoms with E-state index < -0.39 is 49.3 Å². The zero-order valence-electron chi connectivity index (χ0n) is 11.5. The average Bonchev–Trinajstić information content (AvgIpc) is 2.66. The van der Waals surface area contributed by atoms with Crippen LogP contribution in [0.3, 0.4) is 0 Å². The van der Waals surface area contributed by atoms with Gasteiger partial charge in [-0.15, -0.1) is 0 Å². The number of hydrogen-bond acceptors (Lipinski definition) is 4. The van der Waals surface area contributed by atoms with Crippen LogP contribution in [0.2, 0.25) is 0 Å². The third-order valence-electron chi connectivity index (χ3n) is 4.60. The molecular weight excluding hydrogens is 319 g/mol. The fourth-order valence-corrected chi connectivity index (χ4v) is 5.95. The predicted molar refractivity (Wildman–Crippen MR) is 72.0 cm³/mol. The highest BCUT2D eigenvalue weighted by Crippen LogP contribution is 2.43. The molecule has 22 heavy (non-hydrogen) atoms. The van der Waals surface area contributed by atoms with Gasteiger partial charge in [-0.1, -0.05) is 0 Å². The van der Waals surface area contributed by atoms with E-state index in [4.69, 9.17) is 0 Å². The SMILES string of the molecule is O=C(c1cnccc1C(F)(F)F)C1CC2CCC(C1)S2(=O)=O. The summed E-state index contributed by atoms with van der Waals surface area (Å²) in [4.78, 5) is 16.1. The second kappa shape index (κ2) is 5.04. The van der Waals surface area contributed by atoms with Gasteiger partial charge in [0.25, 0.3) is 0 Å². The molecule has 0 amide bonds. The molecule has 0 aromatic carbocycles. The molecule has 0 saturated carbocycles. The highest BCUT2D eigenvalue weighted by atomic mass is 32.2. The van der Waals surface area contributed by atoms with Gasteiger partial charge in [-0.2, -0.15) is 13.2 Å². The maximum atomic E-state index is 13.0. The quantitative estimate of drug-likeness (QED) is 0.781. The van der Waals surface area contributed by atoms with Crippen molar-refractivity contribution in [3.8, 4) is 0 Å². The molecule has 2 unspecified atom stereocenters. The van der Waals surface area contributed by atoms with Crippen molar-refractivity contribution in [1.29, 1.82) is 0 Å². The minimum Gasteiger partial charge on any atom is -0.294 e. The Balaban J connectivity index is 1.91. The third kappa shape index (κ3) is 2.43. The molecule has 3 heterocycles. The Bertz CT molecular complexity index is 694. The van der Waals surface area contributed by atoms with E-state index in [-0.39, 0.29) is 12.8 Å². The van der Waals surface area contributed by atoms with Crippen LogP contribution in [0.25, 0.3) is 0 Å². The van der Waals surface area contributed by atoms with Crippen molar-refractivity contribution < 1.29 is 26.4 Å². The van der Waals surface area contributed by atoms with Gasteiger partial charge in [0, 0.05) is 23.9 Å². The molecule has 3 rings (SSSR count). The summed E-state index contributed by atoms with van der Waals surface area (Å²) in [7, 11) is -3.21. The molecule has 0 aliphatic carbocycles. The number of ketones is 1. The number of rotatable bonds is 2. The molecule has 2 aliphatic heterocycles. The highest BCUT2D eigenvalue weighted by molar-refractivity contribution is 7.93. The third-order valence-corrected chi connectivity index (χ3v) is 7.31. The van der Waals surface area contributed by atoms with E-state index in [0.717, 1.165) is 18.5 Å². The van der Waals surface area contributed by atoms with Gasteiger partial charge in [0.05, 0.1) is 16.1 Å². The van der Waals surface area contributed by atoms with Crippen molar-refractivity contribution in [1.82, 2.24) is 4.98 Å². The number of sulfone groups is 1. The summed E-state index contributed by atoms with van der Waals surface area (Å²) in [6, 6.07) is 0.779. The van der Waals surface area contributed by atoms with Crippen LogP contribution >= 0.6 is 0 Å². The average molecular weight is 333 g/mol. The van der Waals surface area contributed by atoms with Crippen molar-refractivity contribution in [3.05, 3.63) is 29.6 Å². The number of nitrogens with zero attached hydrogens (tertiary/aromatic N) is 1. The summed E-state index contributed by atoms with van der Waals surface area (Å²) in [5.74, 6) is -1.32. The first-order valence-electron chi connectivity index (χ1n) is 6.99. The van der Waals surface area contributed by atoms with E-state index in [9.17, 15) is 26.4 Å². The molecule has 8 heteroatoms. The molecule has 0 N–H and O–H groups in total. The molecule has 1 aromatic heterocycles.